The second-order valence-electron chi connectivity index (χ2n) is 4.56. The lowest BCUT2D eigenvalue weighted by molar-refractivity contribution is 0.102. The summed E-state index contributed by atoms with van der Waals surface area (Å²) < 4.78 is 2.89. The van der Waals surface area contributed by atoms with Crippen LogP contribution in [0.5, 0.6) is 0 Å². The first-order chi connectivity index (χ1) is 10.7. The summed E-state index contributed by atoms with van der Waals surface area (Å²) in [7, 11) is 0. The van der Waals surface area contributed by atoms with Gasteiger partial charge in [-0.2, -0.15) is 5.10 Å². The minimum absolute atomic E-state index is 0.240. The van der Waals surface area contributed by atoms with Crippen LogP contribution in [0.1, 0.15) is 17.4 Å². The lowest BCUT2D eigenvalue weighted by Gasteiger charge is -1.99. The Bertz CT molecular complexity index is 794. The van der Waals surface area contributed by atoms with E-state index in [1.165, 1.54) is 14.9 Å². The zero-order valence-electron chi connectivity index (χ0n) is 11.8. The Labute approximate surface area is 145 Å². The Hall–Kier alpha value is -1.74. The minimum Gasteiger partial charge on any atom is -0.296 e. The highest BCUT2D eigenvalue weighted by atomic mass is 127. The monoisotopic (exact) mass is 424 g/mol. The van der Waals surface area contributed by atoms with Gasteiger partial charge in [-0.25, -0.2) is 4.98 Å². The average Bonchev–Trinajstić information content (AvgIpc) is 3.17. The van der Waals surface area contributed by atoms with Gasteiger partial charge in [-0.3, -0.25) is 14.8 Å². The lowest BCUT2D eigenvalue weighted by atomic mass is 10.2. The van der Waals surface area contributed by atoms with E-state index in [4.69, 9.17) is 0 Å². The van der Waals surface area contributed by atoms with Gasteiger partial charge in [0, 0.05) is 27.3 Å². The summed E-state index contributed by atoms with van der Waals surface area (Å²) in [6, 6.07) is 9.80. The highest BCUT2D eigenvalue weighted by Gasteiger charge is 2.12. The van der Waals surface area contributed by atoms with Crippen LogP contribution < -0.4 is 5.32 Å². The van der Waals surface area contributed by atoms with Gasteiger partial charge in [-0.1, -0.05) is 12.1 Å². The van der Waals surface area contributed by atoms with E-state index in [-0.39, 0.29) is 5.91 Å². The second kappa shape index (κ2) is 6.57. The molecular formula is C15H13IN4OS. The molecule has 1 aromatic carbocycles. The number of nitrogens with one attached hydrogen (secondary N) is 1. The molecule has 1 amide bonds. The van der Waals surface area contributed by atoms with Gasteiger partial charge < -0.3 is 0 Å². The molecule has 0 atom stereocenters. The predicted molar refractivity (Wildman–Crippen MR) is 96.1 cm³/mol. The van der Waals surface area contributed by atoms with E-state index in [9.17, 15) is 4.79 Å². The number of aromatic nitrogens is 3. The molecule has 0 bridgehead atoms. The number of nitrogens with zero attached hydrogens (tertiary/aromatic N) is 3. The van der Waals surface area contributed by atoms with Crippen LogP contribution in [0.3, 0.4) is 0 Å². The van der Waals surface area contributed by atoms with E-state index in [1.807, 2.05) is 36.6 Å². The van der Waals surface area contributed by atoms with Crippen molar-refractivity contribution in [2.24, 2.45) is 0 Å². The van der Waals surface area contributed by atoms with Crippen molar-refractivity contribution in [2.75, 3.05) is 5.32 Å². The maximum atomic E-state index is 12.1. The Morgan fingerprint density at radius 2 is 2.09 bits per heavy atom. The van der Waals surface area contributed by atoms with Gasteiger partial charge in [0.25, 0.3) is 5.91 Å². The number of carbonyl (C=O) groups excluding carboxylic acids is 1. The summed E-state index contributed by atoms with van der Waals surface area (Å²) in [5.74, 6) is -0.240. The van der Waals surface area contributed by atoms with Gasteiger partial charge in [0.15, 0.2) is 10.8 Å². The molecule has 0 radical (unpaired) electrons. The van der Waals surface area contributed by atoms with Crippen LogP contribution in [0.4, 0.5) is 5.13 Å². The number of benzene rings is 1. The van der Waals surface area contributed by atoms with Crippen LogP contribution in [0.2, 0.25) is 0 Å². The SMILES string of the molecule is CCn1ccc(C(=O)Nc2nc(-c3ccc(I)cc3)cs2)n1. The van der Waals surface area contributed by atoms with Crippen LogP contribution in [-0.2, 0) is 6.54 Å². The Morgan fingerprint density at radius 3 is 2.77 bits per heavy atom. The normalized spacial score (nSPS) is 10.6. The smallest absolute Gasteiger partial charge is 0.277 e. The summed E-state index contributed by atoms with van der Waals surface area (Å²) in [4.78, 5) is 16.6. The molecule has 0 unspecified atom stereocenters. The highest BCUT2D eigenvalue weighted by molar-refractivity contribution is 14.1. The molecule has 1 N–H and O–H groups in total. The number of thiazole rings is 1. The molecule has 0 aliphatic rings. The van der Waals surface area contributed by atoms with E-state index in [0.29, 0.717) is 10.8 Å². The molecule has 22 heavy (non-hydrogen) atoms. The molecule has 0 fully saturated rings. The van der Waals surface area contributed by atoms with Gasteiger partial charge in [-0.05, 0) is 47.7 Å². The first kappa shape index (κ1) is 15.2. The van der Waals surface area contributed by atoms with Crippen molar-refractivity contribution < 1.29 is 4.79 Å². The standard InChI is InChI=1S/C15H13IN4OS/c1-2-20-8-7-12(19-20)14(21)18-15-17-13(9-22-15)10-3-5-11(16)6-4-10/h3-9H,2H2,1H3,(H,17,18,21). The maximum absolute atomic E-state index is 12.1. The van der Waals surface area contributed by atoms with Crippen LogP contribution in [0.25, 0.3) is 11.3 Å². The number of hydrogen-bond acceptors (Lipinski definition) is 4. The van der Waals surface area contributed by atoms with Crippen molar-refractivity contribution in [1.82, 2.24) is 14.8 Å². The number of aryl methyl sites for hydroxylation is 1. The Kier molecular flexibility index (Phi) is 4.53. The first-order valence-electron chi connectivity index (χ1n) is 6.72. The zero-order chi connectivity index (χ0) is 15.5. The predicted octanol–water partition coefficient (Wildman–Crippen LogP) is 3.88. The van der Waals surface area contributed by atoms with Gasteiger partial charge in [0.05, 0.1) is 5.69 Å². The third-order valence-corrected chi connectivity index (χ3v) is 4.54. The van der Waals surface area contributed by atoms with Crippen LogP contribution in [-0.4, -0.2) is 20.7 Å². The van der Waals surface area contributed by atoms with Gasteiger partial charge in [0.1, 0.15) is 0 Å². The van der Waals surface area contributed by atoms with Gasteiger partial charge in [-0.15, -0.1) is 11.3 Å². The molecule has 0 saturated heterocycles. The van der Waals surface area contributed by atoms with Crippen LogP contribution >= 0.6 is 33.9 Å². The molecule has 5 nitrogen and oxygen atoms in total. The Balaban J connectivity index is 1.73. The second-order valence-corrected chi connectivity index (χ2v) is 6.66. The van der Waals surface area contributed by atoms with E-state index in [1.54, 1.807) is 16.9 Å². The number of amides is 1. The van der Waals surface area contributed by atoms with Gasteiger partial charge >= 0.3 is 0 Å². The molecule has 0 aliphatic carbocycles. The fourth-order valence-electron chi connectivity index (χ4n) is 1.90. The molecule has 0 aliphatic heterocycles. The number of hydrogen-bond donors (Lipinski definition) is 1. The van der Waals surface area contributed by atoms with Gasteiger partial charge in [0.2, 0.25) is 0 Å². The topological polar surface area (TPSA) is 59.8 Å². The molecule has 3 aromatic rings. The summed E-state index contributed by atoms with van der Waals surface area (Å²) in [6.07, 6.45) is 1.79. The molecule has 0 spiro atoms. The van der Waals surface area contributed by atoms with E-state index < -0.39 is 0 Å². The molecule has 0 saturated carbocycles. The molecule has 112 valence electrons. The summed E-state index contributed by atoms with van der Waals surface area (Å²) in [5, 5.41) is 9.48. The number of halogens is 1. The largest absolute Gasteiger partial charge is 0.296 e. The van der Waals surface area contributed by atoms with E-state index >= 15 is 0 Å². The van der Waals surface area contributed by atoms with Crippen molar-refractivity contribution >= 4 is 45.0 Å². The van der Waals surface area contributed by atoms with E-state index in [0.717, 1.165) is 17.8 Å². The minimum atomic E-state index is -0.240. The fraction of sp³-hybridized carbons (Fsp3) is 0.133. The molecule has 7 heteroatoms. The highest BCUT2D eigenvalue weighted by Crippen LogP contribution is 2.25. The molecule has 2 heterocycles. The number of rotatable bonds is 4. The van der Waals surface area contributed by atoms with Crippen molar-refractivity contribution in [1.29, 1.82) is 0 Å². The van der Waals surface area contributed by atoms with Crippen LogP contribution in [0.15, 0.2) is 41.9 Å². The van der Waals surface area contributed by atoms with Crippen LogP contribution in [0, 0.1) is 3.57 Å². The van der Waals surface area contributed by atoms with Crippen molar-refractivity contribution in [3.05, 3.63) is 51.2 Å². The lowest BCUT2D eigenvalue weighted by Crippen LogP contribution is -2.13. The number of carbonyl (C=O) groups is 1. The van der Waals surface area contributed by atoms with Crippen molar-refractivity contribution in [3.8, 4) is 11.3 Å². The molecular weight excluding hydrogens is 411 g/mol. The molecule has 2 aromatic heterocycles. The molecule has 3 rings (SSSR count). The summed E-state index contributed by atoms with van der Waals surface area (Å²) in [6.45, 7) is 2.71. The average molecular weight is 424 g/mol. The quantitative estimate of drug-likeness (QED) is 0.647. The fourth-order valence-corrected chi connectivity index (χ4v) is 2.98. The Morgan fingerprint density at radius 1 is 1.32 bits per heavy atom. The van der Waals surface area contributed by atoms with Crippen molar-refractivity contribution in [2.45, 2.75) is 13.5 Å². The third kappa shape index (κ3) is 3.36. The van der Waals surface area contributed by atoms with E-state index in [2.05, 4.69) is 38.0 Å². The van der Waals surface area contributed by atoms with Crippen molar-refractivity contribution in [3.63, 3.8) is 0 Å². The summed E-state index contributed by atoms with van der Waals surface area (Å²) >= 11 is 3.67. The maximum Gasteiger partial charge on any atom is 0.277 e. The zero-order valence-corrected chi connectivity index (χ0v) is 14.8. The number of anilines is 1. The first-order valence-corrected chi connectivity index (χ1v) is 8.68. The summed E-state index contributed by atoms with van der Waals surface area (Å²) in [5.41, 5.74) is 2.29. The third-order valence-electron chi connectivity index (χ3n) is 3.06.